The van der Waals surface area contributed by atoms with Crippen LogP contribution in [0.1, 0.15) is 45.1 Å². The van der Waals surface area contributed by atoms with Crippen LogP contribution in [0.5, 0.6) is 0 Å². The second-order valence-corrected chi connectivity index (χ2v) is 7.76. The molecule has 0 aliphatic heterocycles. The molecule has 1 aliphatic carbocycles. The Balaban J connectivity index is 2.17. The molecule has 0 bridgehead atoms. The standard InChI is InChI=1S/C20H27ClN2OS/c1-3-23(20(24)25-4-2)19-14-16(8-5-6-10-18(19)21)11-12-17-9-7-13-22-15-17/h7,9-10,13-16H,3-6,8,11-12H2,1-2H3. The molecule has 1 amide bonds. The number of aromatic nitrogens is 1. The smallest absolute Gasteiger partial charge is 0.286 e. The Kier molecular flexibility index (Phi) is 8.56. The van der Waals surface area contributed by atoms with Crippen LogP contribution < -0.4 is 0 Å². The van der Waals surface area contributed by atoms with Crippen molar-refractivity contribution in [3.63, 3.8) is 0 Å². The predicted octanol–water partition coefficient (Wildman–Crippen LogP) is 6.02. The maximum atomic E-state index is 12.5. The summed E-state index contributed by atoms with van der Waals surface area (Å²) in [6.45, 7) is 4.64. The van der Waals surface area contributed by atoms with E-state index in [1.807, 2.05) is 31.0 Å². The van der Waals surface area contributed by atoms with Crippen LogP contribution in [0.2, 0.25) is 0 Å². The van der Waals surface area contributed by atoms with E-state index in [1.54, 1.807) is 6.20 Å². The van der Waals surface area contributed by atoms with Gasteiger partial charge in [-0.2, -0.15) is 0 Å². The molecule has 0 spiro atoms. The van der Waals surface area contributed by atoms with Gasteiger partial charge in [-0.25, -0.2) is 0 Å². The topological polar surface area (TPSA) is 33.2 Å². The van der Waals surface area contributed by atoms with Gasteiger partial charge in [0.15, 0.2) is 0 Å². The number of rotatable bonds is 6. The van der Waals surface area contributed by atoms with E-state index in [0.29, 0.717) is 17.5 Å². The third-order valence-corrected chi connectivity index (χ3v) is 5.47. The molecule has 0 fully saturated rings. The Morgan fingerprint density at radius 1 is 1.44 bits per heavy atom. The Morgan fingerprint density at radius 2 is 2.28 bits per heavy atom. The van der Waals surface area contributed by atoms with Crippen LogP contribution in [0.15, 0.2) is 47.4 Å². The molecule has 0 saturated carbocycles. The molecule has 136 valence electrons. The van der Waals surface area contributed by atoms with E-state index in [1.165, 1.54) is 17.3 Å². The number of nitrogens with zero attached hydrogens (tertiary/aromatic N) is 2. The fourth-order valence-electron chi connectivity index (χ4n) is 3.04. The van der Waals surface area contributed by atoms with Crippen LogP contribution in [0.25, 0.3) is 0 Å². The van der Waals surface area contributed by atoms with E-state index < -0.39 is 0 Å². The summed E-state index contributed by atoms with van der Waals surface area (Å²) in [4.78, 5) is 18.5. The zero-order valence-corrected chi connectivity index (χ0v) is 16.7. The van der Waals surface area contributed by atoms with Crippen molar-refractivity contribution < 1.29 is 4.79 Å². The van der Waals surface area contributed by atoms with Gasteiger partial charge in [0, 0.05) is 18.9 Å². The summed E-state index contributed by atoms with van der Waals surface area (Å²) in [7, 11) is 0. The Morgan fingerprint density at radius 3 is 2.96 bits per heavy atom. The summed E-state index contributed by atoms with van der Waals surface area (Å²) in [5.74, 6) is 1.19. The molecule has 1 atom stereocenters. The van der Waals surface area contributed by atoms with Gasteiger partial charge in [0.25, 0.3) is 5.24 Å². The molecule has 1 aliphatic rings. The third-order valence-electron chi connectivity index (χ3n) is 4.36. The Hall–Kier alpha value is -1.26. The highest BCUT2D eigenvalue weighted by molar-refractivity contribution is 8.13. The van der Waals surface area contributed by atoms with Gasteiger partial charge in [-0.15, -0.1) is 0 Å². The highest BCUT2D eigenvalue weighted by Gasteiger charge is 2.21. The molecule has 2 rings (SSSR count). The van der Waals surface area contributed by atoms with Crippen LogP contribution in [-0.4, -0.2) is 27.4 Å². The van der Waals surface area contributed by atoms with Crippen LogP contribution in [0, 0.1) is 5.92 Å². The quantitative estimate of drug-likeness (QED) is 0.607. The van der Waals surface area contributed by atoms with E-state index in [9.17, 15) is 4.79 Å². The lowest BCUT2D eigenvalue weighted by Gasteiger charge is -2.26. The van der Waals surface area contributed by atoms with Crippen molar-refractivity contribution >= 4 is 28.6 Å². The van der Waals surface area contributed by atoms with Crippen LogP contribution in [-0.2, 0) is 6.42 Å². The largest absolute Gasteiger partial charge is 0.302 e. The lowest BCUT2D eigenvalue weighted by Crippen LogP contribution is -2.28. The number of hydrogen-bond donors (Lipinski definition) is 0. The van der Waals surface area contributed by atoms with Crippen LogP contribution in [0.3, 0.4) is 0 Å². The summed E-state index contributed by atoms with van der Waals surface area (Å²) in [6, 6.07) is 4.10. The fraction of sp³-hybridized carbons (Fsp3) is 0.500. The minimum absolute atomic E-state index is 0.0781. The molecule has 1 aromatic rings. The molecule has 25 heavy (non-hydrogen) atoms. The van der Waals surface area contributed by atoms with Gasteiger partial charge in [0.1, 0.15) is 0 Å². The number of allylic oxidation sites excluding steroid dienone is 3. The fourth-order valence-corrected chi connectivity index (χ4v) is 3.95. The van der Waals surface area contributed by atoms with Gasteiger partial charge < -0.3 is 4.90 Å². The average Bonchev–Trinajstić information content (AvgIpc) is 2.61. The van der Waals surface area contributed by atoms with E-state index in [4.69, 9.17) is 11.6 Å². The Bertz CT molecular complexity index is 615. The molecule has 5 heteroatoms. The van der Waals surface area contributed by atoms with E-state index in [-0.39, 0.29) is 5.24 Å². The molecule has 0 aromatic carbocycles. The van der Waals surface area contributed by atoms with Gasteiger partial charge in [0.2, 0.25) is 0 Å². The first-order chi connectivity index (χ1) is 12.2. The predicted molar refractivity (Wildman–Crippen MR) is 108 cm³/mol. The first kappa shape index (κ1) is 20.1. The summed E-state index contributed by atoms with van der Waals surface area (Å²) in [6.07, 6.45) is 13.3. The zero-order valence-electron chi connectivity index (χ0n) is 15.1. The zero-order chi connectivity index (χ0) is 18.1. The van der Waals surface area contributed by atoms with Gasteiger partial charge in [-0.05, 0) is 62.3 Å². The lowest BCUT2D eigenvalue weighted by molar-refractivity contribution is 0.238. The summed E-state index contributed by atoms with van der Waals surface area (Å²) < 4.78 is 0. The van der Waals surface area contributed by atoms with E-state index >= 15 is 0 Å². The van der Waals surface area contributed by atoms with Gasteiger partial charge in [-0.1, -0.05) is 48.5 Å². The van der Waals surface area contributed by atoms with Gasteiger partial charge in [0.05, 0.1) is 10.7 Å². The third kappa shape index (κ3) is 6.19. The van der Waals surface area contributed by atoms with E-state index in [2.05, 4.69) is 23.2 Å². The Labute approximate surface area is 160 Å². The van der Waals surface area contributed by atoms with Crippen molar-refractivity contribution in [3.05, 3.63) is 53.0 Å². The molecule has 1 heterocycles. The molecular formula is C20H27ClN2OS. The molecule has 1 unspecified atom stereocenters. The minimum Gasteiger partial charge on any atom is -0.302 e. The summed E-state index contributed by atoms with van der Waals surface area (Å²) >= 11 is 7.87. The monoisotopic (exact) mass is 378 g/mol. The maximum absolute atomic E-state index is 12.5. The molecule has 0 saturated heterocycles. The summed E-state index contributed by atoms with van der Waals surface area (Å²) in [5, 5.41) is 0.785. The number of thioether (sulfide) groups is 1. The number of hydrogen-bond acceptors (Lipinski definition) is 3. The molecule has 0 N–H and O–H groups in total. The van der Waals surface area contributed by atoms with Crippen LogP contribution >= 0.6 is 23.4 Å². The lowest BCUT2D eigenvalue weighted by atomic mass is 9.92. The number of aryl methyl sites for hydroxylation is 1. The van der Waals surface area contributed by atoms with Crippen molar-refractivity contribution in [1.82, 2.24) is 9.88 Å². The normalized spacial score (nSPS) is 18.0. The van der Waals surface area contributed by atoms with Gasteiger partial charge in [-0.3, -0.25) is 9.78 Å². The minimum atomic E-state index is 0.0781. The molecule has 1 aromatic heterocycles. The first-order valence-corrected chi connectivity index (χ1v) is 10.4. The second-order valence-electron chi connectivity index (χ2n) is 6.14. The van der Waals surface area contributed by atoms with Crippen molar-refractivity contribution in [2.75, 3.05) is 12.3 Å². The molecule has 3 nitrogen and oxygen atoms in total. The van der Waals surface area contributed by atoms with Crippen molar-refractivity contribution in [2.24, 2.45) is 5.92 Å². The summed E-state index contributed by atoms with van der Waals surface area (Å²) in [5.41, 5.74) is 2.14. The SMILES string of the molecule is CCSC(=O)N(CC)C1=CC(CCc2cccnc2)CCCC=C1Cl. The number of carbonyl (C=O) groups is 1. The average molecular weight is 379 g/mol. The number of amides is 1. The number of carbonyl (C=O) groups excluding carboxylic acids is 1. The van der Waals surface area contributed by atoms with Crippen molar-refractivity contribution in [1.29, 1.82) is 0 Å². The first-order valence-electron chi connectivity index (χ1n) is 9.06. The highest BCUT2D eigenvalue weighted by atomic mass is 35.5. The molecule has 0 radical (unpaired) electrons. The molecular weight excluding hydrogens is 352 g/mol. The van der Waals surface area contributed by atoms with Crippen molar-refractivity contribution in [2.45, 2.75) is 46.0 Å². The maximum Gasteiger partial charge on any atom is 0.286 e. The number of pyridine rings is 1. The highest BCUT2D eigenvalue weighted by Crippen LogP contribution is 2.30. The van der Waals surface area contributed by atoms with Crippen LogP contribution in [0.4, 0.5) is 4.79 Å². The second kappa shape index (κ2) is 10.7. The van der Waals surface area contributed by atoms with Gasteiger partial charge >= 0.3 is 0 Å². The van der Waals surface area contributed by atoms with E-state index in [0.717, 1.165) is 43.6 Å². The number of halogens is 1. The number of likely N-dealkylation sites (N-methyl/N-ethyl adjacent to an activating group) is 1. The van der Waals surface area contributed by atoms with Crippen molar-refractivity contribution in [3.8, 4) is 0 Å².